The van der Waals surface area contributed by atoms with E-state index >= 15 is 0 Å². The maximum absolute atomic E-state index is 11.1. The number of nitrogens with zero attached hydrogens (tertiary/aromatic N) is 1. The number of carbonyl (C=O) groups excluding carboxylic acids is 3. The number of nitriles is 1. The molecule has 1 saturated heterocycles. The van der Waals surface area contributed by atoms with Crippen molar-refractivity contribution in [1.29, 1.82) is 5.26 Å². The van der Waals surface area contributed by atoms with Gasteiger partial charge in [0.05, 0.1) is 17.8 Å². The SMILES string of the molecule is C=C(C)F.CC(=O)/C(C)=C/c1c(C)cccc1C.CCCCCC.Cc1ccccc1.N#CC(CC=O)CC1CCNC1=O. The van der Waals surface area contributed by atoms with Crippen LogP contribution in [0.15, 0.2) is 66.5 Å². The highest BCUT2D eigenvalue weighted by Crippen LogP contribution is 2.20. The molecule has 1 heterocycles. The number of nitrogens with one attached hydrogen (secondary N) is 1. The Morgan fingerprint density at radius 3 is 1.89 bits per heavy atom. The van der Waals surface area contributed by atoms with Gasteiger partial charge < -0.3 is 10.1 Å². The van der Waals surface area contributed by atoms with Gasteiger partial charge in [0.1, 0.15) is 6.29 Å². The summed E-state index contributed by atoms with van der Waals surface area (Å²) in [5.41, 5.74) is 5.72. The summed E-state index contributed by atoms with van der Waals surface area (Å²) in [5, 5.41) is 11.4. The minimum absolute atomic E-state index is 0.0196. The lowest BCUT2D eigenvalue weighted by Gasteiger charge is -2.08. The number of ketones is 1. The molecule has 0 radical (unpaired) electrons. The van der Waals surface area contributed by atoms with Gasteiger partial charge in [-0.1, -0.05) is 100 Å². The van der Waals surface area contributed by atoms with Gasteiger partial charge in [-0.05, 0) is 82.7 Å². The molecule has 242 valence electrons. The van der Waals surface area contributed by atoms with Crippen molar-refractivity contribution < 1.29 is 18.8 Å². The molecule has 2 atom stereocenters. The molecule has 44 heavy (non-hydrogen) atoms. The van der Waals surface area contributed by atoms with Gasteiger partial charge in [0.15, 0.2) is 5.78 Å². The van der Waals surface area contributed by atoms with Gasteiger partial charge in [-0.2, -0.15) is 5.26 Å². The van der Waals surface area contributed by atoms with Gasteiger partial charge in [0.2, 0.25) is 5.91 Å². The molecule has 2 unspecified atom stereocenters. The van der Waals surface area contributed by atoms with Crippen molar-refractivity contribution in [3.05, 3.63) is 88.8 Å². The second-order valence-electron chi connectivity index (χ2n) is 11.0. The molecule has 0 saturated carbocycles. The highest BCUT2D eigenvalue weighted by molar-refractivity contribution is 5.97. The van der Waals surface area contributed by atoms with Crippen molar-refractivity contribution >= 4 is 24.1 Å². The zero-order chi connectivity index (χ0) is 33.9. The summed E-state index contributed by atoms with van der Waals surface area (Å²) >= 11 is 0. The minimum atomic E-state index is -0.333. The standard InChI is InChI=1S/C13H16O.C9H12N2O2.C7H8.C6H14.C3H5F/c1-9-6-5-7-10(2)13(9)8-11(3)12(4)14;10-6-7(2-4-12)5-8-1-3-11-9(8)13;1-7-5-3-2-4-6-7;1-3-5-6-4-2;1-3(2)4/h5-8H,1-4H3;4,7-8H,1-3,5H2,(H,11,13);2-6H,1H3;3-6H2,1-2H3;1H2,2H3/b11-8+;;;;. The van der Waals surface area contributed by atoms with Crippen LogP contribution in [-0.2, 0) is 14.4 Å². The number of Topliss-reactive ketones (excluding diaryl/α,β-unsaturated/α-hetero) is 1. The zero-order valence-corrected chi connectivity index (χ0v) is 28.3. The van der Waals surface area contributed by atoms with Gasteiger partial charge >= 0.3 is 0 Å². The Balaban J connectivity index is 0. The first-order chi connectivity index (χ1) is 20.8. The van der Waals surface area contributed by atoms with Crippen LogP contribution in [0.2, 0.25) is 0 Å². The number of allylic oxidation sites excluding steroid dienone is 2. The third kappa shape index (κ3) is 22.7. The van der Waals surface area contributed by atoms with Crippen molar-refractivity contribution in [3.63, 3.8) is 0 Å². The molecule has 1 fully saturated rings. The molecule has 1 aliphatic rings. The van der Waals surface area contributed by atoms with E-state index < -0.39 is 0 Å². The van der Waals surface area contributed by atoms with Crippen molar-refractivity contribution in [2.75, 3.05) is 6.54 Å². The molecular weight excluding hydrogens is 551 g/mol. The summed E-state index contributed by atoms with van der Waals surface area (Å²) in [6, 6.07) is 18.5. The van der Waals surface area contributed by atoms with E-state index in [0.29, 0.717) is 13.0 Å². The number of hydrogen-bond acceptors (Lipinski definition) is 4. The Kier molecular flexibility index (Phi) is 25.7. The number of carbonyl (C=O) groups is 3. The maximum Gasteiger partial charge on any atom is 0.223 e. The topological polar surface area (TPSA) is 87.0 Å². The third-order valence-corrected chi connectivity index (χ3v) is 6.65. The van der Waals surface area contributed by atoms with E-state index in [4.69, 9.17) is 5.26 Å². The lowest BCUT2D eigenvalue weighted by Crippen LogP contribution is -2.20. The average Bonchev–Trinajstić information content (AvgIpc) is 3.38. The van der Waals surface area contributed by atoms with Gasteiger partial charge in [-0.3, -0.25) is 9.59 Å². The Hall–Kier alpha value is -3.85. The summed E-state index contributed by atoms with van der Waals surface area (Å²) < 4.78 is 10.8. The van der Waals surface area contributed by atoms with Crippen LogP contribution in [0.1, 0.15) is 102 Å². The molecule has 6 heteroatoms. The monoisotopic (exact) mass is 606 g/mol. The lowest BCUT2D eigenvalue weighted by atomic mass is 9.92. The third-order valence-electron chi connectivity index (χ3n) is 6.65. The Labute approximate surface area is 266 Å². The fourth-order valence-corrected chi connectivity index (χ4v) is 3.94. The number of aldehydes is 1. The molecule has 0 spiro atoms. The molecule has 1 aliphatic heterocycles. The van der Waals surface area contributed by atoms with E-state index in [1.54, 1.807) is 6.92 Å². The fourth-order valence-electron chi connectivity index (χ4n) is 3.94. The number of unbranched alkanes of at least 4 members (excludes halogenated alkanes) is 3. The van der Waals surface area contributed by atoms with E-state index in [9.17, 15) is 18.8 Å². The fraction of sp³-hybridized carbons (Fsp3) is 0.474. The summed E-state index contributed by atoms with van der Waals surface area (Å²) in [5.74, 6) is -0.547. The maximum atomic E-state index is 11.1. The molecule has 2 aromatic rings. The Bertz CT molecular complexity index is 1150. The van der Waals surface area contributed by atoms with E-state index in [-0.39, 0.29) is 35.8 Å². The van der Waals surface area contributed by atoms with E-state index in [2.05, 4.69) is 70.8 Å². The number of amides is 1. The second kappa shape index (κ2) is 26.8. The van der Waals surface area contributed by atoms with E-state index in [1.165, 1.54) is 54.9 Å². The molecule has 1 N–H and O–H groups in total. The molecule has 3 rings (SSSR count). The summed E-state index contributed by atoms with van der Waals surface area (Å²) in [6.07, 6.45) is 9.78. The number of hydrogen-bond donors (Lipinski definition) is 1. The minimum Gasteiger partial charge on any atom is -0.356 e. The van der Waals surface area contributed by atoms with Crippen molar-refractivity contribution in [2.45, 2.75) is 100 Å². The first kappa shape index (κ1) is 42.3. The van der Waals surface area contributed by atoms with Gasteiger partial charge in [0.25, 0.3) is 0 Å². The number of aryl methyl sites for hydroxylation is 3. The first-order valence-corrected chi connectivity index (χ1v) is 15.5. The number of rotatable bonds is 9. The highest BCUT2D eigenvalue weighted by Gasteiger charge is 2.26. The first-order valence-electron chi connectivity index (χ1n) is 15.5. The van der Waals surface area contributed by atoms with Crippen molar-refractivity contribution in [2.24, 2.45) is 11.8 Å². The molecule has 0 bridgehead atoms. The number of benzene rings is 2. The average molecular weight is 607 g/mol. The molecule has 2 aromatic carbocycles. The lowest BCUT2D eigenvalue weighted by molar-refractivity contribution is -0.123. The van der Waals surface area contributed by atoms with Crippen LogP contribution in [-0.4, -0.2) is 24.5 Å². The van der Waals surface area contributed by atoms with Crippen LogP contribution < -0.4 is 5.32 Å². The summed E-state index contributed by atoms with van der Waals surface area (Å²) in [7, 11) is 0. The summed E-state index contributed by atoms with van der Waals surface area (Å²) in [6.45, 7) is 19.0. The van der Waals surface area contributed by atoms with Crippen LogP contribution in [0, 0.1) is 43.9 Å². The van der Waals surface area contributed by atoms with Crippen LogP contribution in [0.25, 0.3) is 6.08 Å². The zero-order valence-electron chi connectivity index (χ0n) is 28.3. The van der Waals surface area contributed by atoms with E-state index in [0.717, 1.165) is 18.3 Å². The predicted molar refractivity (Wildman–Crippen MR) is 183 cm³/mol. The van der Waals surface area contributed by atoms with Crippen LogP contribution >= 0.6 is 0 Å². The van der Waals surface area contributed by atoms with Crippen LogP contribution in [0.5, 0.6) is 0 Å². The Morgan fingerprint density at radius 2 is 1.55 bits per heavy atom. The highest BCUT2D eigenvalue weighted by atomic mass is 19.1. The quantitative estimate of drug-likeness (QED) is 0.175. The van der Waals surface area contributed by atoms with Crippen molar-refractivity contribution in [3.8, 4) is 6.07 Å². The van der Waals surface area contributed by atoms with E-state index in [1.807, 2.05) is 43.3 Å². The summed E-state index contributed by atoms with van der Waals surface area (Å²) in [4.78, 5) is 32.4. The molecule has 1 amide bonds. The van der Waals surface area contributed by atoms with Gasteiger partial charge in [-0.25, -0.2) is 4.39 Å². The smallest absolute Gasteiger partial charge is 0.223 e. The van der Waals surface area contributed by atoms with Gasteiger partial charge in [0, 0.05) is 18.9 Å². The number of halogens is 1. The van der Waals surface area contributed by atoms with Crippen LogP contribution in [0.4, 0.5) is 4.39 Å². The molecule has 0 aromatic heterocycles. The predicted octanol–water partition coefficient (Wildman–Crippen LogP) is 9.61. The molecule has 0 aliphatic carbocycles. The second-order valence-corrected chi connectivity index (χ2v) is 11.0. The Morgan fingerprint density at radius 1 is 1.02 bits per heavy atom. The van der Waals surface area contributed by atoms with Crippen molar-refractivity contribution in [1.82, 2.24) is 5.32 Å². The normalized spacial score (nSPS) is 13.8. The van der Waals surface area contributed by atoms with Crippen LogP contribution in [0.3, 0.4) is 0 Å². The van der Waals surface area contributed by atoms with Gasteiger partial charge in [-0.15, -0.1) is 0 Å². The molecular formula is C38H55FN2O3. The molecule has 5 nitrogen and oxygen atoms in total. The largest absolute Gasteiger partial charge is 0.356 e.